The van der Waals surface area contributed by atoms with Crippen LogP contribution in [0.4, 0.5) is 10.2 Å². The number of carbonyl (C=O) groups excluding carboxylic acids is 2. The van der Waals surface area contributed by atoms with E-state index in [0.29, 0.717) is 39.5 Å². The van der Waals surface area contributed by atoms with E-state index in [-0.39, 0.29) is 30.6 Å². The number of rotatable bonds is 7. The number of benzene rings is 1. The molecule has 4 heterocycles. The molecule has 0 unspecified atom stereocenters. The third-order valence-corrected chi connectivity index (χ3v) is 5.84. The lowest BCUT2D eigenvalue weighted by Gasteiger charge is -2.09. The summed E-state index contributed by atoms with van der Waals surface area (Å²) in [5.74, 6) is -0.671. The van der Waals surface area contributed by atoms with Gasteiger partial charge in [-0.2, -0.15) is 5.10 Å². The molecule has 0 aliphatic rings. The van der Waals surface area contributed by atoms with Crippen LogP contribution in [-0.4, -0.2) is 43.1 Å². The Kier molecular flexibility index (Phi) is 6.72. The van der Waals surface area contributed by atoms with Gasteiger partial charge in [0, 0.05) is 53.3 Å². The van der Waals surface area contributed by atoms with E-state index in [4.69, 9.17) is 4.98 Å². The van der Waals surface area contributed by atoms with Crippen LogP contribution in [0, 0.1) is 12.7 Å². The van der Waals surface area contributed by atoms with E-state index >= 15 is 0 Å². The fraction of sp³-hybridized carbons (Fsp3) is 0.111. The van der Waals surface area contributed by atoms with Crippen molar-refractivity contribution in [1.82, 2.24) is 24.9 Å². The van der Waals surface area contributed by atoms with E-state index in [1.165, 1.54) is 30.6 Å². The zero-order valence-electron chi connectivity index (χ0n) is 20.3. The van der Waals surface area contributed by atoms with Crippen molar-refractivity contribution in [3.8, 4) is 22.5 Å². The van der Waals surface area contributed by atoms with Crippen molar-refractivity contribution < 1.29 is 23.9 Å². The molecule has 0 aliphatic carbocycles. The maximum Gasteiger partial charge on any atom is 0.251 e. The van der Waals surface area contributed by atoms with Crippen molar-refractivity contribution in [2.75, 3.05) is 11.9 Å². The highest BCUT2D eigenvalue weighted by Gasteiger charge is 2.18. The van der Waals surface area contributed by atoms with E-state index in [0.717, 1.165) is 10.3 Å². The molecule has 5 aromatic rings. The first-order chi connectivity index (χ1) is 18.4. The highest BCUT2D eigenvalue weighted by molar-refractivity contribution is 5.95. The number of aryl methyl sites for hydroxylation is 1. The lowest BCUT2D eigenvalue weighted by molar-refractivity contribution is -0.904. The standard InChI is InChI=1S/C27H22FN7O3/c1-17-15-19(4-5-21(17)28)25-26(35-23(33-25)3-2-10-31-35)20-6-11-29-22(16-20)32-24(36)7-12-30-27(37)18-8-13-34(38)14-9-18/h2-6,8-11,13-16H,7,12H2,1H3,(H2-,29,30,32,36,37,38)/p+1. The smallest absolute Gasteiger partial charge is 0.251 e. The number of nitrogens with zero attached hydrogens (tertiary/aromatic N) is 5. The minimum Gasteiger partial charge on any atom is -0.352 e. The average Bonchev–Trinajstić information content (AvgIpc) is 3.30. The van der Waals surface area contributed by atoms with Crippen LogP contribution in [0.3, 0.4) is 0 Å². The quantitative estimate of drug-likeness (QED) is 0.227. The Hall–Kier alpha value is -5.19. The Morgan fingerprint density at radius 2 is 1.87 bits per heavy atom. The Balaban J connectivity index is 1.34. The summed E-state index contributed by atoms with van der Waals surface area (Å²) < 4.78 is 16.4. The van der Waals surface area contributed by atoms with E-state index < -0.39 is 0 Å². The number of nitrogens with one attached hydrogen (secondary N) is 2. The lowest BCUT2D eigenvalue weighted by Crippen LogP contribution is -2.31. The van der Waals surface area contributed by atoms with Crippen molar-refractivity contribution in [3.63, 3.8) is 0 Å². The molecule has 0 spiro atoms. The summed E-state index contributed by atoms with van der Waals surface area (Å²) in [6.07, 6.45) is 5.91. The molecular formula is C27H23FN7O3+. The number of carbonyl (C=O) groups is 2. The Morgan fingerprint density at radius 3 is 2.66 bits per heavy atom. The van der Waals surface area contributed by atoms with Crippen LogP contribution in [0.5, 0.6) is 0 Å². The number of halogens is 1. The SMILES string of the molecule is Cc1cc(-c2nc3cccnn3c2-c2ccnc(NC(=O)CCNC(=O)c3cc[n+](O)cc3)c2)ccc1F. The Bertz CT molecular complexity index is 1650. The molecule has 2 amide bonds. The number of imidazole rings is 1. The number of aromatic nitrogens is 5. The molecule has 0 saturated heterocycles. The summed E-state index contributed by atoms with van der Waals surface area (Å²) in [6, 6.07) is 14.8. The topological polar surface area (TPSA) is 125 Å². The van der Waals surface area contributed by atoms with Crippen LogP contribution in [-0.2, 0) is 4.79 Å². The zero-order chi connectivity index (χ0) is 26.6. The van der Waals surface area contributed by atoms with Crippen LogP contribution in [0.2, 0.25) is 0 Å². The molecule has 4 aromatic heterocycles. The molecule has 1 aromatic carbocycles. The second-order valence-electron chi connectivity index (χ2n) is 8.52. The Labute approximate surface area is 216 Å². The van der Waals surface area contributed by atoms with Gasteiger partial charge in [0.15, 0.2) is 5.65 Å². The largest absolute Gasteiger partial charge is 0.352 e. The molecule has 0 bridgehead atoms. The van der Waals surface area contributed by atoms with Gasteiger partial charge in [-0.15, -0.1) is 0 Å². The van der Waals surface area contributed by atoms with Gasteiger partial charge in [0.2, 0.25) is 18.3 Å². The van der Waals surface area contributed by atoms with Gasteiger partial charge in [-0.05, 0) is 55.0 Å². The summed E-state index contributed by atoms with van der Waals surface area (Å²) in [5.41, 5.74) is 4.20. The molecule has 0 atom stereocenters. The Morgan fingerprint density at radius 1 is 1.05 bits per heavy atom. The fourth-order valence-electron chi connectivity index (χ4n) is 3.95. The highest BCUT2D eigenvalue weighted by atomic mass is 19.1. The fourth-order valence-corrected chi connectivity index (χ4v) is 3.95. The molecule has 0 fully saturated rings. The van der Waals surface area contributed by atoms with Crippen LogP contribution in [0.25, 0.3) is 28.2 Å². The molecule has 0 radical (unpaired) electrons. The number of anilines is 1. The highest BCUT2D eigenvalue weighted by Crippen LogP contribution is 2.33. The van der Waals surface area contributed by atoms with Gasteiger partial charge in [-0.25, -0.2) is 18.9 Å². The van der Waals surface area contributed by atoms with Crippen LogP contribution in [0.15, 0.2) is 79.4 Å². The predicted octanol–water partition coefficient (Wildman–Crippen LogP) is 3.19. The first-order valence-corrected chi connectivity index (χ1v) is 11.7. The van der Waals surface area contributed by atoms with Crippen LogP contribution in [0.1, 0.15) is 22.3 Å². The second kappa shape index (κ2) is 10.4. The van der Waals surface area contributed by atoms with Gasteiger partial charge in [0.1, 0.15) is 17.3 Å². The van der Waals surface area contributed by atoms with E-state index in [1.54, 1.807) is 54.2 Å². The molecular weight excluding hydrogens is 489 g/mol. The predicted molar refractivity (Wildman–Crippen MR) is 136 cm³/mol. The molecule has 190 valence electrons. The number of fused-ring (bicyclic) bond motifs is 1. The average molecular weight is 513 g/mol. The molecule has 10 nitrogen and oxygen atoms in total. The summed E-state index contributed by atoms with van der Waals surface area (Å²) >= 11 is 0. The minimum atomic E-state index is -0.359. The lowest BCUT2D eigenvalue weighted by atomic mass is 10.0. The molecule has 11 heteroatoms. The monoisotopic (exact) mass is 512 g/mol. The van der Waals surface area contributed by atoms with Crippen molar-refractivity contribution in [2.45, 2.75) is 13.3 Å². The van der Waals surface area contributed by atoms with E-state index in [2.05, 4.69) is 20.7 Å². The van der Waals surface area contributed by atoms with Gasteiger partial charge in [0.05, 0.1) is 11.3 Å². The first-order valence-electron chi connectivity index (χ1n) is 11.7. The van der Waals surface area contributed by atoms with E-state index in [1.807, 2.05) is 6.07 Å². The van der Waals surface area contributed by atoms with Crippen molar-refractivity contribution >= 4 is 23.3 Å². The van der Waals surface area contributed by atoms with Crippen molar-refractivity contribution in [1.29, 1.82) is 0 Å². The van der Waals surface area contributed by atoms with E-state index in [9.17, 15) is 19.2 Å². The van der Waals surface area contributed by atoms with Gasteiger partial charge in [-0.1, -0.05) is 0 Å². The molecule has 38 heavy (non-hydrogen) atoms. The summed E-state index contributed by atoms with van der Waals surface area (Å²) in [7, 11) is 0. The summed E-state index contributed by atoms with van der Waals surface area (Å²) in [5, 5.41) is 19.1. The maximum atomic E-state index is 13.9. The van der Waals surface area contributed by atoms with Crippen molar-refractivity contribution in [3.05, 3.63) is 96.3 Å². The number of hydrogen-bond donors (Lipinski definition) is 3. The number of amides is 2. The summed E-state index contributed by atoms with van der Waals surface area (Å²) in [6.45, 7) is 1.81. The number of pyridine rings is 2. The first kappa shape index (κ1) is 24.5. The van der Waals surface area contributed by atoms with Gasteiger partial charge < -0.3 is 10.6 Å². The number of hydrogen-bond acceptors (Lipinski definition) is 6. The van der Waals surface area contributed by atoms with Gasteiger partial charge in [-0.3, -0.25) is 14.8 Å². The second-order valence-corrected chi connectivity index (χ2v) is 8.52. The van der Waals surface area contributed by atoms with Gasteiger partial charge >= 0.3 is 0 Å². The minimum absolute atomic E-state index is 0.0295. The van der Waals surface area contributed by atoms with Crippen LogP contribution >= 0.6 is 0 Å². The molecule has 3 N–H and O–H groups in total. The molecule has 5 rings (SSSR count). The maximum absolute atomic E-state index is 13.9. The summed E-state index contributed by atoms with van der Waals surface area (Å²) in [4.78, 5) is 33.7. The van der Waals surface area contributed by atoms with Gasteiger partial charge in [0.25, 0.3) is 5.91 Å². The third-order valence-electron chi connectivity index (χ3n) is 5.84. The molecule has 0 saturated carbocycles. The molecule has 0 aliphatic heterocycles. The zero-order valence-corrected chi connectivity index (χ0v) is 20.3. The normalized spacial score (nSPS) is 10.9. The van der Waals surface area contributed by atoms with Crippen LogP contribution < -0.4 is 15.4 Å². The third kappa shape index (κ3) is 5.16. The van der Waals surface area contributed by atoms with Crippen molar-refractivity contribution in [2.24, 2.45) is 0 Å².